The van der Waals surface area contributed by atoms with Crippen molar-refractivity contribution in [3.8, 4) is 0 Å². The first-order chi connectivity index (χ1) is 8.24. The molecular formula is C15H24NO+. The fourth-order valence-corrected chi connectivity index (χ4v) is 2.90. The molecule has 0 radical (unpaired) electrons. The van der Waals surface area contributed by atoms with Crippen molar-refractivity contribution in [2.75, 3.05) is 32.8 Å². The number of benzene rings is 1. The highest BCUT2D eigenvalue weighted by atomic mass is 16.3. The summed E-state index contributed by atoms with van der Waals surface area (Å²) in [7, 11) is 0. The van der Waals surface area contributed by atoms with Gasteiger partial charge in [0.25, 0.3) is 0 Å². The molecule has 2 rings (SSSR count). The van der Waals surface area contributed by atoms with Gasteiger partial charge in [-0.25, -0.2) is 0 Å². The molecule has 1 heterocycles. The minimum Gasteiger partial charge on any atom is -0.391 e. The summed E-state index contributed by atoms with van der Waals surface area (Å²) in [5.74, 6) is 0. The van der Waals surface area contributed by atoms with Gasteiger partial charge in [0.1, 0.15) is 6.54 Å². The number of rotatable bonds is 5. The Hall–Kier alpha value is -0.860. The second-order valence-corrected chi connectivity index (χ2v) is 5.40. The van der Waals surface area contributed by atoms with Gasteiger partial charge in [-0.1, -0.05) is 29.8 Å². The molecule has 17 heavy (non-hydrogen) atoms. The number of hydrogen-bond acceptors (Lipinski definition) is 1. The SMILES string of the molecule is Cc1ccc(CC[N+]2(CCO)CCCC2)cc1. The molecule has 0 aliphatic carbocycles. The van der Waals surface area contributed by atoms with E-state index in [0.29, 0.717) is 6.61 Å². The monoisotopic (exact) mass is 234 g/mol. The van der Waals surface area contributed by atoms with Crippen molar-refractivity contribution in [1.82, 2.24) is 0 Å². The van der Waals surface area contributed by atoms with Crippen molar-refractivity contribution >= 4 is 0 Å². The molecule has 1 aromatic rings. The summed E-state index contributed by atoms with van der Waals surface area (Å²) < 4.78 is 1.13. The van der Waals surface area contributed by atoms with E-state index in [9.17, 15) is 5.11 Å². The highest BCUT2D eigenvalue weighted by Gasteiger charge is 2.30. The summed E-state index contributed by atoms with van der Waals surface area (Å²) in [5, 5.41) is 9.21. The Labute approximate surface area is 104 Å². The molecule has 0 aromatic heterocycles. The maximum atomic E-state index is 9.21. The van der Waals surface area contributed by atoms with E-state index in [1.54, 1.807) is 0 Å². The Morgan fingerprint density at radius 2 is 1.71 bits per heavy atom. The molecule has 0 saturated carbocycles. The molecule has 2 nitrogen and oxygen atoms in total. The number of nitrogens with zero attached hydrogens (tertiary/aromatic N) is 1. The number of likely N-dealkylation sites (tertiary alicyclic amines) is 1. The van der Waals surface area contributed by atoms with Gasteiger partial charge in [0, 0.05) is 19.3 Å². The maximum absolute atomic E-state index is 9.21. The van der Waals surface area contributed by atoms with E-state index >= 15 is 0 Å². The third-order valence-electron chi connectivity index (χ3n) is 4.08. The predicted octanol–water partition coefficient (Wildman–Crippen LogP) is 2.14. The average molecular weight is 234 g/mol. The van der Waals surface area contributed by atoms with E-state index in [1.165, 1.54) is 43.6 Å². The fraction of sp³-hybridized carbons (Fsp3) is 0.600. The summed E-state index contributed by atoms with van der Waals surface area (Å²) in [6.07, 6.45) is 3.79. The Morgan fingerprint density at radius 1 is 1.06 bits per heavy atom. The number of aryl methyl sites for hydroxylation is 1. The zero-order valence-corrected chi connectivity index (χ0v) is 10.9. The van der Waals surface area contributed by atoms with Gasteiger partial charge in [-0.15, -0.1) is 0 Å². The van der Waals surface area contributed by atoms with Crippen LogP contribution in [0.1, 0.15) is 24.0 Å². The van der Waals surface area contributed by atoms with Crippen LogP contribution < -0.4 is 0 Å². The van der Waals surface area contributed by atoms with Crippen LogP contribution in [0, 0.1) is 6.92 Å². The fourth-order valence-electron chi connectivity index (χ4n) is 2.90. The molecule has 0 unspecified atom stereocenters. The van der Waals surface area contributed by atoms with E-state index in [1.807, 2.05) is 0 Å². The predicted molar refractivity (Wildman–Crippen MR) is 70.9 cm³/mol. The van der Waals surface area contributed by atoms with Crippen LogP contribution in [0.3, 0.4) is 0 Å². The van der Waals surface area contributed by atoms with Crippen LogP contribution in [-0.4, -0.2) is 42.4 Å². The molecule has 1 N–H and O–H groups in total. The third-order valence-corrected chi connectivity index (χ3v) is 4.08. The molecule has 1 aliphatic heterocycles. The van der Waals surface area contributed by atoms with Gasteiger partial charge in [0.05, 0.1) is 26.2 Å². The van der Waals surface area contributed by atoms with Gasteiger partial charge in [0.15, 0.2) is 0 Å². The Morgan fingerprint density at radius 3 is 2.29 bits per heavy atom. The molecular weight excluding hydrogens is 210 g/mol. The van der Waals surface area contributed by atoms with Gasteiger partial charge in [-0.3, -0.25) is 0 Å². The maximum Gasteiger partial charge on any atom is 0.102 e. The zero-order chi connectivity index (χ0) is 12.1. The highest BCUT2D eigenvalue weighted by molar-refractivity contribution is 5.21. The zero-order valence-electron chi connectivity index (χ0n) is 10.9. The van der Waals surface area contributed by atoms with E-state index in [2.05, 4.69) is 31.2 Å². The Balaban J connectivity index is 1.93. The summed E-state index contributed by atoms with van der Waals surface area (Å²) in [4.78, 5) is 0. The molecule has 94 valence electrons. The molecule has 1 aliphatic rings. The van der Waals surface area contributed by atoms with Crippen LogP contribution in [0.5, 0.6) is 0 Å². The first-order valence-electron chi connectivity index (χ1n) is 6.76. The Bertz CT molecular complexity index is 338. The molecule has 2 heteroatoms. The van der Waals surface area contributed by atoms with E-state index in [-0.39, 0.29) is 0 Å². The standard InChI is InChI=1S/C15H24NO/c1-14-4-6-15(7-5-14)8-11-16(12-13-17)9-2-3-10-16/h4-7,17H,2-3,8-13H2,1H3/q+1. The van der Waals surface area contributed by atoms with Gasteiger partial charge in [0.2, 0.25) is 0 Å². The van der Waals surface area contributed by atoms with Crippen LogP contribution in [0.2, 0.25) is 0 Å². The first kappa shape index (κ1) is 12.6. The molecule has 1 aromatic carbocycles. The number of hydrogen-bond donors (Lipinski definition) is 1. The number of aliphatic hydroxyl groups excluding tert-OH is 1. The largest absolute Gasteiger partial charge is 0.391 e. The van der Waals surface area contributed by atoms with Crippen molar-refractivity contribution in [2.24, 2.45) is 0 Å². The topological polar surface area (TPSA) is 20.2 Å². The lowest BCUT2D eigenvalue weighted by atomic mass is 10.1. The summed E-state index contributed by atoms with van der Waals surface area (Å²) in [5.41, 5.74) is 2.76. The van der Waals surface area contributed by atoms with Crippen molar-refractivity contribution < 1.29 is 9.59 Å². The minimum absolute atomic E-state index is 0.327. The lowest BCUT2D eigenvalue weighted by Gasteiger charge is -2.33. The van der Waals surface area contributed by atoms with Gasteiger partial charge in [-0.05, 0) is 12.5 Å². The van der Waals surface area contributed by atoms with E-state index in [4.69, 9.17) is 0 Å². The normalized spacial score (nSPS) is 18.5. The van der Waals surface area contributed by atoms with Crippen LogP contribution in [0.15, 0.2) is 24.3 Å². The van der Waals surface area contributed by atoms with Gasteiger partial charge >= 0.3 is 0 Å². The second kappa shape index (κ2) is 5.65. The summed E-state index contributed by atoms with van der Waals surface area (Å²) in [6, 6.07) is 8.85. The molecule has 0 bridgehead atoms. The van der Waals surface area contributed by atoms with Gasteiger partial charge < -0.3 is 9.59 Å². The molecule has 0 spiro atoms. The second-order valence-electron chi connectivity index (χ2n) is 5.40. The number of aliphatic hydroxyl groups is 1. The Kier molecular flexibility index (Phi) is 4.19. The van der Waals surface area contributed by atoms with E-state index < -0.39 is 0 Å². The lowest BCUT2D eigenvalue weighted by molar-refractivity contribution is -0.916. The minimum atomic E-state index is 0.327. The van der Waals surface area contributed by atoms with Crippen LogP contribution in [-0.2, 0) is 6.42 Å². The molecule has 0 amide bonds. The van der Waals surface area contributed by atoms with Crippen molar-refractivity contribution in [1.29, 1.82) is 0 Å². The van der Waals surface area contributed by atoms with Crippen LogP contribution in [0.25, 0.3) is 0 Å². The first-order valence-corrected chi connectivity index (χ1v) is 6.76. The smallest absolute Gasteiger partial charge is 0.102 e. The van der Waals surface area contributed by atoms with Crippen molar-refractivity contribution in [2.45, 2.75) is 26.2 Å². The lowest BCUT2D eigenvalue weighted by Crippen LogP contribution is -2.48. The van der Waals surface area contributed by atoms with E-state index in [0.717, 1.165) is 17.4 Å². The highest BCUT2D eigenvalue weighted by Crippen LogP contribution is 2.20. The average Bonchev–Trinajstić information content (AvgIpc) is 2.78. The third kappa shape index (κ3) is 3.30. The van der Waals surface area contributed by atoms with Crippen LogP contribution >= 0.6 is 0 Å². The van der Waals surface area contributed by atoms with Crippen molar-refractivity contribution in [3.63, 3.8) is 0 Å². The number of quaternary nitrogens is 1. The van der Waals surface area contributed by atoms with Gasteiger partial charge in [-0.2, -0.15) is 0 Å². The van der Waals surface area contributed by atoms with Crippen LogP contribution in [0.4, 0.5) is 0 Å². The quantitative estimate of drug-likeness (QED) is 0.774. The molecule has 1 fully saturated rings. The van der Waals surface area contributed by atoms with Crippen molar-refractivity contribution in [3.05, 3.63) is 35.4 Å². The molecule has 1 saturated heterocycles. The summed E-state index contributed by atoms with van der Waals surface area (Å²) in [6.45, 7) is 7.09. The molecule has 0 atom stereocenters. The summed E-state index contributed by atoms with van der Waals surface area (Å²) >= 11 is 0.